The zero-order valence-electron chi connectivity index (χ0n) is 11.1. The summed E-state index contributed by atoms with van der Waals surface area (Å²) in [5, 5.41) is 0. The molecule has 19 heavy (non-hydrogen) atoms. The molecule has 0 saturated heterocycles. The van der Waals surface area contributed by atoms with Crippen molar-refractivity contribution in [3.63, 3.8) is 0 Å². The monoisotopic (exact) mass is 252 g/mol. The van der Waals surface area contributed by atoms with Crippen LogP contribution in [0.15, 0.2) is 48.5 Å². The van der Waals surface area contributed by atoms with Gasteiger partial charge in [0.05, 0.1) is 11.0 Å². The fourth-order valence-electron chi connectivity index (χ4n) is 2.09. The molecule has 2 aromatic carbocycles. The van der Waals surface area contributed by atoms with Gasteiger partial charge in [-0.05, 0) is 43.7 Å². The molecule has 1 atom stereocenters. The van der Waals surface area contributed by atoms with Crippen molar-refractivity contribution in [3.8, 4) is 5.75 Å². The van der Waals surface area contributed by atoms with Crippen LogP contribution in [0.5, 0.6) is 5.75 Å². The van der Waals surface area contributed by atoms with Gasteiger partial charge in [-0.1, -0.05) is 24.3 Å². The molecule has 0 bridgehead atoms. The topological polar surface area (TPSA) is 37.9 Å². The van der Waals surface area contributed by atoms with Crippen LogP contribution in [0.4, 0.5) is 0 Å². The second kappa shape index (κ2) is 4.76. The summed E-state index contributed by atoms with van der Waals surface area (Å²) in [5.74, 6) is 1.70. The lowest BCUT2D eigenvalue weighted by Gasteiger charge is -2.11. The van der Waals surface area contributed by atoms with Gasteiger partial charge in [0.2, 0.25) is 0 Å². The highest BCUT2D eigenvalue weighted by Crippen LogP contribution is 2.22. The lowest BCUT2D eigenvalue weighted by Crippen LogP contribution is -2.04. The number of aromatic nitrogens is 2. The minimum Gasteiger partial charge on any atom is -0.483 e. The van der Waals surface area contributed by atoms with Crippen LogP contribution in [0, 0.1) is 6.92 Å². The zero-order valence-corrected chi connectivity index (χ0v) is 11.1. The van der Waals surface area contributed by atoms with E-state index in [1.807, 2.05) is 43.3 Å². The van der Waals surface area contributed by atoms with Gasteiger partial charge in [-0.3, -0.25) is 0 Å². The predicted molar refractivity (Wildman–Crippen MR) is 76.3 cm³/mol. The van der Waals surface area contributed by atoms with Gasteiger partial charge in [0.25, 0.3) is 0 Å². The van der Waals surface area contributed by atoms with E-state index in [4.69, 9.17) is 4.74 Å². The molecule has 1 N–H and O–H groups in total. The van der Waals surface area contributed by atoms with Crippen LogP contribution in [0.2, 0.25) is 0 Å². The molecule has 96 valence electrons. The van der Waals surface area contributed by atoms with E-state index < -0.39 is 0 Å². The standard InChI is InChI=1S/C16H16N2O/c1-11-8-9-14-15(10-11)18-16(17-14)12(2)19-13-6-4-3-5-7-13/h3-10,12H,1-2H3,(H,17,18). The number of para-hydroxylation sites is 1. The first-order valence-electron chi connectivity index (χ1n) is 6.40. The van der Waals surface area contributed by atoms with Crippen molar-refractivity contribution < 1.29 is 4.74 Å². The number of nitrogens with zero attached hydrogens (tertiary/aromatic N) is 1. The number of hydrogen-bond donors (Lipinski definition) is 1. The van der Waals surface area contributed by atoms with E-state index in [1.165, 1.54) is 5.56 Å². The van der Waals surface area contributed by atoms with Crippen LogP contribution >= 0.6 is 0 Å². The number of rotatable bonds is 3. The van der Waals surface area contributed by atoms with Gasteiger partial charge in [0, 0.05) is 0 Å². The van der Waals surface area contributed by atoms with Crippen molar-refractivity contribution >= 4 is 11.0 Å². The number of nitrogens with one attached hydrogen (secondary N) is 1. The minimum absolute atomic E-state index is 0.102. The van der Waals surface area contributed by atoms with Crippen LogP contribution in [0.25, 0.3) is 11.0 Å². The lowest BCUT2D eigenvalue weighted by atomic mass is 10.2. The first-order valence-corrected chi connectivity index (χ1v) is 6.40. The van der Waals surface area contributed by atoms with E-state index in [0.717, 1.165) is 22.6 Å². The smallest absolute Gasteiger partial charge is 0.153 e. The van der Waals surface area contributed by atoms with Crippen LogP contribution in [-0.2, 0) is 0 Å². The Hall–Kier alpha value is -2.29. The molecule has 0 radical (unpaired) electrons. The van der Waals surface area contributed by atoms with Crippen molar-refractivity contribution in [2.24, 2.45) is 0 Å². The highest BCUT2D eigenvalue weighted by atomic mass is 16.5. The maximum atomic E-state index is 5.87. The van der Waals surface area contributed by atoms with Gasteiger partial charge in [-0.15, -0.1) is 0 Å². The molecule has 0 amide bonds. The quantitative estimate of drug-likeness (QED) is 0.764. The molecule has 3 aromatic rings. The van der Waals surface area contributed by atoms with Gasteiger partial charge in [-0.25, -0.2) is 4.98 Å². The first-order chi connectivity index (χ1) is 9.22. The third kappa shape index (κ3) is 2.45. The molecule has 0 spiro atoms. The second-order valence-corrected chi connectivity index (χ2v) is 4.72. The van der Waals surface area contributed by atoms with E-state index in [0.29, 0.717) is 0 Å². The van der Waals surface area contributed by atoms with Crippen LogP contribution in [-0.4, -0.2) is 9.97 Å². The summed E-state index contributed by atoms with van der Waals surface area (Å²) in [6.45, 7) is 4.07. The van der Waals surface area contributed by atoms with Crippen molar-refractivity contribution in [2.45, 2.75) is 20.0 Å². The average Bonchev–Trinajstić information content (AvgIpc) is 2.83. The van der Waals surface area contributed by atoms with Gasteiger partial charge in [-0.2, -0.15) is 0 Å². The number of fused-ring (bicyclic) bond motifs is 1. The van der Waals surface area contributed by atoms with Gasteiger partial charge < -0.3 is 9.72 Å². The Labute approximate surface area is 112 Å². The van der Waals surface area contributed by atoms with E-state index in [2.05, 4.69) is 29.0 Å². The molecule has 1 aromatic heterocycles. The van der Waals surface area contributed by atoms with E-state index in [9.17, 15) is 0 Å². The average molecular weight is 252 g/mol. The molecular weight excluding hydrogens is 236 g/mol. The molecule has 0 fully saturated rings. The Morgan fingerprint density at radius 1 is 1.11 bits per heavy atom. The molecule has 0 aliphatic rings. The number of H-pyrrole nitrogens is 1. The maximum Gasteiger partial charge on any atom is 0.153 e. The summed E-state index contributed by atoms with van der Waals surface area (Å²) in [6.07, 6.45) is -0.102. The normalized spacial score (nSPS) is 12.5. The molecular formula is C16H16N2O. The summed E-state index contributed by atoms with van der Waals surface area (Å²) in [7, 11) is 0. The highest BCUT2D eigenvalue weighted by Gasteiger charge is 2.12. The first kappa shape index (κ1) is 11.8. The van der Waals surface area contributed by atoms with E-state index in [1.54, 1.807) is 0 Å². The van der Waals surface area contributed by atoms with Gasteiger partial charge >= 0.3 is 0 Å². The third-order valence-corrected chi connectivity index (χ3v) is 3.10. The molecule has 0 aliphatic carbocycles. The molecule has 0 saturated carbocycles. The van der Waals surface area contributed by atoms with Crippen molar-refractivity contribution in [1.29, 1.82) is 0 Å². The van der Waals surface area contributed by atoms with Crippen molar-refractivity contribution in [2.75, 3.05) is 0 Å². The molecule has 3 heteroatoms. The van der Waals surface area contributed by atoms with Crippen LogP contribution in [0.1, 0.15) is 24.4 Å². The molecule has 1 unspecified atom stereocenters. The molecule has 1 heterocycles. The molecule has 0 aliphatic heterocycles. The number of hydrogen-bond acceptors (Lipinski definition) is 2. The van der Waals surface area contributed by atoms with Gasteiger partial charge in [0.1, 0.15) is 11.6 Å². The number of ether oxygens (including phenoxy) is 1. The van der Waals surface area contributed by atoms with Crippen LogP contribution in [0.3, 0.4) is 0 Å². The minimum atomic E-state index is -0.102. The lowest BCUT2D eigenvalue weighted by molar-refractivity contribution is 0.218. The van der Waals surface area contributed by atoms with Crippen LogP contribution < -0.4 is 4.74 Å². The number of aryl methyl sites for hydroxylation is 1. The zero-order chi connectivity index (χ0) is 13.2. The highest BCUT2D eigenvalue weighted by molar-refractivity contribution is 5.75. The Morgan fingerprint density at radius 3 is 2.68 bits per heavy atom. The van der Waals surface area contributed by atoms with Crippen molar-refractivity contribution in [3.05, 3.63) is 59.9 Å². The summed E-state index contributed by atoms with van der Waals surface area (Å²) < 4.78 is 5.87. The van der Waals surface area contributed by atoms with E-state index in [-0.39, 0.29) is 6.10 Å². The molecule has 3 rings (SSSR count). The summed E-state index contributed by atoms with van der Waals surface area (Å²) in [6, 6.07) is 16.0. The van der Waals surface area contributed by atoms with Crippen molar-refractivity contribution in [1.82, 2.24) is 9.97 Å². The largest absolute Gasteiger partial charge is 0.483 e. The Morgan fingerprint density at radius 2 is 1.89 bits per heavy atom. The fraction of sp³-hybridized carbons (Fsp3) is 0.188. The summed E-state index contributed by atoms with van der Waals surface area (Å²) >= 11 is 0. The van der Waals surface area contributed by atoms with E-state index >= 15 is 0 Å². The molecule has 3 nitrogen and oxygen atoms in total. The second-order valence-electron chi connectivity index (χ2n) is 4.72. The number of aromatic amines is 1. The Bertz CT molecular complexity index is 688. The third-order valence-electron chi connectivity index (χ3n) is 3.10. The SMILES string of the molecule is Cc1ccc2nc(C(C)Oc3ccccc3)[nH]c2c1. The maximum absolute atomic E-state index is 5.87. The predicted octanol–water partition coefficient (Wildman–Crippen LogP) is 4.01. The Kier molecular flexibility index (Phi) is 2.95. The number of imidazole rings is 1. The summed E-state index contributed by atoms with van der Waals surface area (Å²) in [4.78, 5) is 7.89. The fourth-order valence-corrected chi connectivity index (χ4v) is 2.09. The number of benzene rings is 2. The van der Waals surface area contributed by atoms with Gasteiger partial charge in [0.15, 0.2) is 6.10 Å². The Balaban J connectivity index is 1.87. The summed E-state index contributed by atoms with van der Waals surface area (Å²) in [5.41, 5.74) is 3.25.